The molecule has 0 radical (unpaired) electrons. The molecule has 0 saturated carbocycles. The Morgan fingerprint density at radius 3 is 2.59 bits per heavy atom. The van der Waals surface area contributed by atoms with Crippen molar-refractivity contribution in [3.8, 4) is 11.5 Å². The third kappa shape index (κ3) is 3.36. The van der Waals surface area contributed by atoms with Crippen LogP contribution in [0.3, 0.4) is 0 Å². The Labute approximate surface area is 110 Å². The van der Waals surface area contributed by atoms with Gasteiger partial charge in [0.15, 0.2) is 0 Å². The number of hydrogen-bond acceptors (Lipinski definition) is 3. The maximum absolute atomic E-state index is 12.1. The quantitative estimate of drug-likeness (QED) is 0.783. The van der Waals surface area contributed by atoms with Gasteiger partial charge in [-0.25, -0.2) is 0 Å². The van der Waals surface area contributed by atoms with Crippen LogP contribution >= 0.6 is 15.9 Å². The minimum Gasteiger partial charge on any atom is -0.497 e. The normalized spacial score (nSPS) is 9.88. The predicted octanol–water partition coefficient (Wildman–Crippen LogP) is 2.17. The molecule has 0 fully saturated rings. The van der Waals surface area contributed by atoms with Crippen molar-refractivity contribution in [1.82, 2.24) is 4.90 Å². The second-order valence-corrected chi connectivity index (χ2v) is 4.27. The molecule has 1 aromatic carbocycles. The molecule has 0 aliphatic rings. The number of carbonyl (C=O) groups is 1. The minimum absolute atomic E-state index is 0.0658. The first kappa shape index (κ1) is 13.8. The maximum atomic E-state index is 12.1. The number of amides is 1. The lowest BCUT2D eigenvalue weighted by Crippen LogP contribution is -2.28. The average molecular weight is 302 g/mol. The predicted molar refractivity (Wildman–Crippen MR) is 70.3 cm³/mol. The minimum atomic E-state index is -0.0658. The second-order valence-electron chi connectivity index (χ2n) is 3.48. The van der Waals surface area contributed by atoms with E-state index in [1.165, 1.54) is 7.11 Å². The third-order valence-electron chi connectivity index (χ3n) is 2.41. The summed E-state index contributed by atoms with van der Waals surface area (Å²) in [5.41, 5.74) is 0.539. The molecule has 94 valence electrons. The van der Waals surface area contributed by atoms with E-state index in [1.807, 2.05) is 0 Å². The molecule has 0 aliphatic heterocycles. The molecule has 0 bridgehead atoms. The molecular weight excluding hydrogens is 286 g/mol. The Kier molecular flexibility index (Phi) is 5.28. The van der Waals surface area contributed by atoms with Gasteiger partial charge < -0.3 is 14.4 Å². The van der Waals surface area contributed by atoms with Gasteiger partial charge in [-0.1, -0.05) is 15.9 Å². The summed E-state index contributed by atoms with van der Waals surface area (Å²) in [6.07, 6.45) is 0. The highest BCUT2D eigenvalue weighted by atomic mass is 79.9. The first-order valence-corrected chi connectivity index (χ1v) is 6.29. The van der Waals surface area contributed by atoms with E-state index in [0.29, 0.717) is 23.6 Å². The number of alkyl halides is 1. The number of methoxy groups -OCH3 is 2. The molecule has 1 rings (SSSR count). The van der Waals surface area contributed by atoms with Crippen molar-refractivity contribution in [2.45, 2.75) is 0 Å². The van der Waals surface area contributed by atoms with E-state index in [1.54, 1.807) is 37.3 Å². The fraction of sp³-hybridized carbons (Fsp3) is 0.417. The molecule has 0 heterocycles. The number of rotatable bonds is 5. The summed E-state index contributed by atoms with van der Waals surface area (Å²) >= 11 is 3.30. The lowest BCUT2D eigenvalue weighted by Gasteiger charge is -2.17. The molecule has 5 heteroatoms. The van der Waals surface area contributed by atoms with Gasteiger partial charge in [0.05, 0.1) is 19.8 Å². The molecule has 0 unspecified atom stereocenters. The first-order chi connectivity index (χ1) is 8.13. The summed E-state index contributed by atoms with van der Waals surface area (Å²) in [5, 5.41) is 0.744. The summed E-state index contributed by atoms with van der Waals surface area (Å²) in [4.78, 5) is 13.7. The summed E-state index contributed by atoms with van der Waals surface area (Å²) in [6.45, 7) is 0.647. The van der Waals surface area contributed by atoms with Crippen molar-refractivity contribution in [1.29, 1.82) is 0 Å². The fourth-order valence-electron chi connectivity index (χ4n) is 1.41. The number of benzene rings is 1. The number of halogens is 1. The van der Waals surface area contributed by atoms with Gasteiger partial charge in [-0.15, -0.1) is 0 Å². The van der Waals surface area contributed by atoms with Crippen LogP contribution in [0.5, 0.6) is 11.5 Å². The van der Waals surface area contributed by atoms with Crippen LogP contribution in [0.2, 0.25) is 0 Å². The zero-order valence-corrected chi connectivity index (χ0v) is 11.8. The summed E-state index contributed by atoms with van der Waals surface area (Å²) in [5.74, 6) is 1.13. The zero-order chi connectivity index (χ0) is 12.8. The lowest BCUT2D eigenvalue weighted by atomic mass is 10.1. The summed E-state index contributed by atoms with van der Waals surface area (Å²) in [7, 11) is 4.87. The lowest BCUT2D eigenvalue weighted by molar-refractivity contribution is 0.0800. The molecule has 1 amide bonds. The van der Waals surface area contributed by atoms with Crippen molar-refractivity contribution in [2.75, 3.05) is 33.1 Å². The molecule has 0 saturated heterocycles. The Morgan fingerprint density at radius 1 is 1.35 bits per heavy atom. The number of hydrogen-bond donors (Lipinski definition) is 0. The van der Waals surface area contributed by atoms with Gasteiger partial charge in [0.25, 0.3) is 5.91 Å². The van der Waals surface area contributed by atoms with Crippen LogP contribution in [0, 0.1) is 0 Å². The molecule has 0 aliphatic carbocycles. The van der Waals surface area contributed by atoms with Gasteiger partial charge in [-0.2, -0.15) is 0 Å². The number of ether oxygens (including phenoxy) is 2. The number of nitrogens with zero attached hydrogens (tertiary/aromatic N) is 1. The first-order valence-electron chi connectivity index (χ1n) is 5.17. The van der Waals surface area contributed by atoms with Gasteiger partial charge >= 0.3 is 0 Å². The SMILES string of the molecule is COc1ccc(C(=O)N(C)CCBr)c(OC)c1. The van der Waals surface area contributed by atoms with Crippen LogP contribution in [0.25, 0.3) is 0 Å². The van der Waals surface area contributed by atoms with E-state index < -0.39 is 0 Å². The van der Waals surface area contributed by atoms with E-state index in [2.05, 4.69) is 15.9 Å². The summed E-state index contributed by atoms with van der Waals surface area (Å²) in [6, 6.07) is 5.16. The highest BCUT2D eigenvalue weighted by Crippen LogP contribution is 2.25. The van der Waals surface area contributed by atoms with Crippen LogP contribution in [0.15, 0.2) is 18.2 Å². The van der Waals surface area contributed by atoms with Crippen molar-refractivity contribution >= 4 is 21.8 Å². The fourth-order valence-corrected chi connectivity index (χ4v) is 1.94. The van der Waals surface area contributed by atoms with E-state index in [-0.39, 0.29) is 5.91 Å². The van der Waals surface area contributed by atoms with E-state index in [0.717, 1.165) is 5.33 Å². The Morgan fingerprint density at radius 2 is 2.06 bits per heavy atom. The highest BCUT2D eigenvalue weighted by molar-refractivity contribution is 9.09. The largest absolute Gasteiger partial charge is 0.497 e. The van der Waals surface area contributed by atoms with E-state index in [9.17, 15) is 4.79 Å². The van der Waals surface area contributed by atoms with Gasteiger partial charge in [0.1, 0.15) is 11.5 Å². The third-order valence-corrected chi connectivity index (χ3v) is 2.76. The molecular formula is C12H16BrNO3. The smallest absolute Gasteiger partial charge is 0.257 e. The van der Waals surface area contributed by atoms with Crippen LogP contribution in [-0.4, -0.2) is 43.9 Å². The van der Waals surface area contributed by atoms with Crippen molar-refractivity contribution in [2.24, 2.45) is 0 Å². The van der Waals surface area contributed by atoms with Gasteiger partial charge in [0.2, 0.25) is 0 Å². The second kappa shape index (κ2) is 6.49. The average Bonchev–Trinajstić information content (AvgIpc) is 2.37. The van der Waals surface area contributed by atoms with Crippen LogP contribution in [0.1, 0.15) is 10.4 Å². The van der Waals surface area contributed by atoms with E-state index in [4.69, 9.17) is 9.47 Å². The molecule has 4 nitrogen and oxygen atoms in total. The summed E-state index contributed by atoms with van der Waals surface area (Å²) < 4.78 is 10.3. The van der Waals surface area contributed by atoms with Gasteiger partial charge in [-0.05, 0) is 12.1 Å². The standard InChI is InChI=1S/C12H16BrNO3/c1-14(7-6-13)12(15)10-5-4-9(16-2)8-11(10)17-3/h4-5,8H,6-7H2,1-3H3. The van der Waals surface area contributed by atoms with Gasteiger partial charge in [-0.3, -0.25) is 4.79 Å². The molecule has 0 atom stereocenters. The maximum Gasteiger partial charge on any atom is 0.257 e. The van der Waals surface area contributed by atoms with Crippen molar-refractivity contribution < 1.29 is 14.3 Å². The Hall–Kier alpha value is -1.23. The Balaban J connectivity index is 3.00. The topological polar surface area (TPSA) is 38.8 Å². The highest BCUT2D eigenvalue weighted by Gasteiger charge is 2.16. The number of carbonyl (C=O) groups excluding carboxylic acids is 1. The van der Waals surface area contributed by atoms with Crippen molar-refractivity contribution in [3.05, 3.63) is 23.8 Å². The molecule has 0 aromatic heterocycles. The van der Waals surface area contributed by atoms with E-state index >= 15 is 0 Å². The van der Waals surface area contributed by atoms with Crippen molar-refractivity contribution in [3.63, 3.8) is 0 Å². The monoisotopic (exact) mass is 301 g/mol. The molecule has 17 heavy (non-hydrogen) atoms. The zero-order valence-electron chi connectivity index (χ0n) is 10.2. The van der Waals surface area contributed by atoms with Crippen LogP contribution in [-0.2, 0) is 0 Å². The molecule has 0 spiro atoms. The van der Waals surface area contributed by atoms with Gasteiger partial charge in [0, 0.05) is 25.0 Å². The molecule has 1 aromatic rings. The molecule has 0 N–H and O–H groups in total. The Bertz CT molecular complexity index is 395. The van der Waals surface area contributed by atoms with Crippen LogP contribution < -0.4 is 9.47 Å². The van der Waals surface area contributed by atoms with Crippen LogP contribution in [0.4, 0.5) is 0 Å².